The molecule has 0 aromatic heterocycles. The van der Waals surface area contributed by atoms with Crippen molar-refractivity contribution in [2.24, 2.45) is 5.92 Å². The van der Waals surface area contributed by atoms with Crippen LogP contribution in [0.2, 0.25) is 0 Å². The first kappa shape index (κ1) is 15.5. The van der Waals surface area contributed by atoms with Gasteiger partial charge in [0, 0.05) is 7.05 Å². The van der Waals surface area contributed by atoms with Crippen LogP contribution >= 0.6 is 0 Å². The van der Waals surface area contributed by atoms with Crippen LogP contribution in [0.25, 0.3) is 0 Å². The molecule has 1 aromatic carbocycles. The zero-order chi connectivity index (χ0) is 15.8. The average molecular weight is 303 g/mol. The van der Waals surface area contributed by atoms with Crippen LogP contribution in [0.4, 0.5) is 18.9 Å². The smallest absolute Gasteiger partial charge is 0.392 e. The molecule has 0 saturated carbocycles. The Morgan fingerprint density at radius 2 is 2.10 bits per heavy atom. The molecule has 2 unspecified atom stereocenters. The SMILES string of the molecule is CC(C(C(=O)O)c1ccc2c(c1)N(C)CCO2)C(F)(F)F. The minimum Gasteiger partial charge on any atom is -0.490 e. The van der Waals surface area contributed by atoms with Gasteiger partial charge in [0.05, 0.1) is 24.1 Å². The molecule has 2 rings (SSSR count). The molecule has 21 heavy (non-hydrogen) atoms. The summed E-state index contributed by atoms with van der Waals surface area (Å²) in [6.45, 7) is 1.98. The number of alkyl halides is 3. The summed E-state index contributed by atoms with van der Waals surface area (Å²) >= 11 is 0. The lowest BCUT2D eigenvalue weighted by Gasteiger charge is -2.29. The Kier molecular flexibility index (Phi) is 4.02. The van der Waals surface area contributed by atoms with Crippen molar-refractivity contribution in [2.45, 2.75) is 19.0 Å². The summed E-state index contributed by atoms with van der Waals surface area (Å²) in [5.74, 6) is -4.54. The van der Waals surface area contributed by atoms with Gasteiger partial charge < -0.3 is 14.7 Å². The summed E-state index contributed by atoms with van der Waals surface area (Å²) in [5, 5.41) is 9.19. The van der Waals surface area contributed by atoms with Crippen molar-refractivity contribution in [1.82, 2.24) is 0 Å². The number of carbonyl (C=O) groups is 1. The summed E-state index contributed by atoms with van der Waals surface area (Å²) in [6, 6.07) is 4.38. The Morgan fingerprint density at radius 3 is 2.67 bits per heavy atom. The number of carboxylic acids is 1. The van der Waals surface area contributed by atoms with Crippen LogP contribution in [0.15, 0.2) is 18.2 Å². The van der Waals surface area contributed by atoms with Crippen molar-refractivity contribution in [3.05, 3.63) is 23.8 Å². The van der Waals surface area contributed by atoms with Crippen molar-refractivity contribution in [2.75, 3.05) is 25.1 Å². The number of anilines is 1. The highest BCUT2D eigenvalue weighted by Gasteiger charge is 2.45. The van der Waals surface area contributed by atoms with Crippen LogP contribution in [-0.4, -0.2) is 37.5 Å². The van der Waals surface area contributed by atoms with Crippen molar-refractivity contribution >= 4 is 11.7 Å². The van der Waals surface area contributed by atoms with Gasteiger partial charge in [0.1, 0.15) is 12.4 Å². The van der Waals surface area contributed by atoms with Gasteiger partial charge in [0.15, 0.2) is 0 Å². The Hall–Kier alpha value is -1.92. The number of hydrogen-bond acceptors (Lipinski definition) is 3. The van der Waals surface area contributed by atoms with E-state index in [1.54, 1.807) is 7.05 Å². The van der Waals surface area contributed by atoms with Crippen LogP contribution in [0.5, 0.6) is 5.75 Å². The molecule has 4 nitrogen and oxygen atoms in total. The number of fused-ring (bicyclic) bond motifs is 1. The maximum absolute atomic E-state index is 12.9. The summed E-state index contributed by atoms with van der Waals surface area (Å²) < 4.78 is 44.0. The topological polar surface area (TPSA) is 49.8 Å². The molecule has 0 spiro atoms. The molecular weight excluding hydrogens is 287 g/mol. The van der Waals surface area contributed by atoms with Crippen molar-refractivity contribution in [3.63, 3.8) is 0 Å². The van der Waals surface area contributed by atoms with Crippen LogP contribution in [-0.2, 0) is 4.79 Å². The van der Waals surface area contributed by atoms with E-state index >= 15 is 0 Å². The molecule has 1 aromatic rings. The first-order valence-corrected chi connectivity index (χ1v) is 6.49. The number of ether oxygens (including phenoxy) is 1. The second-order valence-electron chi connectivity index (χ2n) is 5.14. The second kappa shape index (κ2) is 5.46. The molecule has 1 aliphatic rings. The standard InChI is InChI=1S/C14H16F3NO3/c1-8(14(15,16)17)12(13(19)20)9-3-4-11-10(7-9)18(2)5-6-21-11/h3-4,7-8,12H,5-6H2,1-2H3,(H,19,20). The highest BCUT2D eigenvalue weighted by Crippen LogP contribution is 2.40. The number of likely N-dealkylation sites (N-methyl/N-ethyl adjacent to an activating group) is 1. The van der Waals surface area contributed by atoms with E-state index in [2.05, 4.69) is 0 Å². The first-order chi connectivity index (χ1) is 9.71. The van der Waals surface area contributed by atoms with Crippen molar-refractivity contribution in [3.8, 4) is 5.75 Å². The fourth-order valence-electron chi connectivity index (χ4n) is 2.40. The lowest BCUT2D eigenvalue weighted by Crippen LogP contribution is -2.32. The van der Waals surface area contributed by atoms with E-state index in [4.69, 9.17) is 4.74 Å². The van der Waals surface area contributed by atoms with Gasteiger partial charge in [-0.25, -0.2) is 0 Å². The molecule has 0 aliphatic carbocycles. The Morgan fingerprint density at radius 1 is 1.43 bits per heavy atom. The normalized spacial score (nSPS) is 17.7. The van der Waals surface area contributed by atoms with E-state index < -0.39 is 24.0 Å². The summed E-state index contributed by atoms with van der Waals surface area (Å²) in [7, 11) is 1.79. The van der Waals surface area contributed by atoms with Gasteiger partial charge in [-0.1, -0.05) is 13.0 Å². The third kappa shape index (κ3) is 3.06. The zero-order valence-corrected chi connectivity index (χ0v) is 11.6. The molecule has 0 amide bonds. The third-order valence-electron chi connectivity index (χ3n) is 3.72. The minimum atomic E-state index is -4.57. The van der Waals surface area contributed by atoms with Gasteiger partial charge in [-0.15, -0.1) is 0 Å². The van der Waals surface area contributed by atoms with E-state index in [0.29, 0.717) is 24.6 Å². The second-order valence-corrected chi connectivity index (χ2v) is 5.14. The molecular formula is C14H16F3NO3. The molecule has 0 radical (unpaired) electrons. The molecule has 7 heteroatoms. The third-order valence-corrected chi connectivity index (χ3v) is 3.72. The highest BCUT2D eigenvalue weighted by molar-refractivity contribution is 5.78. The van der Waals surface area contributed by atoms with Crippen molar-refractivity contribution in [1.29, 1.82) is 0 Å². The fourth-order valence-corrected chi connectivity index (χ4v) is 2.40. The number of benzene rings is 1. The molecule has 0 bridgehead atoms. The summed E-state index contributed by atoms with van der Waals surface area (Å²) in [5.41, 5.74) is 0.739. The minimum absolute atomic E-state index is 0.128. The van der Waals surface area contributed by atoms with E-state index in [1.807, 2.05) is 4.90 Å². The number of nitrogens with zero attached hydrogens (tertiary/aromatic N) is 1. The van der Waals surface area contributed by atoms with E-state index in [9.17, 15) is 23.1 Å². The van der Waals surface area contributed by atoms with Gasteiger partial charge in [-0.05, 0) is 17.7 Å². The molecule has 0 saturated heterocycles. The van der Waals surface area contributed by atoms with Crippen LogP contribution in [0.3, 0.4) is 0 Å². The number of carboxylic acid groups (broad SMARTS) is 1. The Balaban J connectivity index is 2.42. The van der Waals surface area contributed by atoms with E-state index in [1.165, 1.54) is 18.2 Å². The lowest BCUT2D eigenvalue weighted by molar-refractivity contribution is -0.183. The Labute approximate surface area is 120 Å². The number of aliphatic carboxylic acids is 1. The van der Waals surface area contributed by atoms with Gasteiger partial charge in [0.2, 0.25) is 0 Å². The van der Waals surface area contributed by atoms with Gasteiger partial charge >= 0.3 is 12.1 Å². The van der Waals surface area contributed by atoms with Crippen LogP contribution in [0, 0.1) is 5.92 Å². The van der Waals surface area contributed by atoms with Crippen molar-refractivity contribution < 1.29 is 27.8 Å². The largest absolute Gasteiger partial charge is 0.490 e. The molecule has 0 fully saturated rings. The van der Waals surface area contributed by atoms with E-state index in [-0.39, 0.29) is 5.56 Å². The fraction of sp³-hybridized carbons (Fsp3) is 0.500. The summed E-state index contributed by atoms with van der Waals surface area (Å²) in [6.07, 6.45) is -4.57. The summed E-state index contributed by atoms with van der Waals surface area (Å²) in [4.78, 5) is 13.1. The monoisotopic (exact) mass is 303 g/mol. The maximum Gasteiger partial charge on any atom is 0.392 e. The average Bonchev–Trinajstić information content (AvgIpc) is 2.38. The van der Waals surface area contributed by atoms with Gasteiger partial charge in [-0.3, -0.25) is 4.79 Å². The predicted octanol–water partition coefficient (Wildman–Crippen LogP) is 2.88. The number of halogens is 3. The first-order valence-electron chi connectivity index (χ1n) is 6.49. The number of rotatable bonds is 3. The molecule has 1 N–H and O–H groups in total. The van der Waals surface area contributed by atoms with E-state index in [0.717, 1.165) is 6.92 Å². The quantitative estimate of drug-likeness (QED) is 0.933. The van der Waals surface area contributed by atoms with Gasteiger partial charge in [-0.2, -0.15) is 13.2 Å². The van der Waals surface area contributed by atoms with Gasteiger partial charge in [0.25, 0.3) is 0 Å². The zero-order valence-electron chi connectivity index (χ0n) is 11.6. The predicted molar refractivity (Wildman–Crippen MR) is 70.8 cm³/mol. The highest BCUT2D eigenvalue weighted by atomic mass is 19.4. The maximum atomic E-state index is 12.9. The van der Waals surface area contributed by atoms with Crippen LogP contribution < -0.4 is 9.64 Å². The molecule has 2 atom stereocenters. The number of hydrogen-bond donors (Lipinski definition) is 1. The Bertz CT molecular complexity index is 545. The molecule has 1 aliphatic heterocycles. The molecule has 116 valence electrons. The molecule has 1 heterocycles. The lowest BCUT2D eigenvalue weighted by atomic mass is 9.86. The van der Waals surface area contributed by atoms with Crippen LogP contribution in [0.1, 0.15) is 18.4 Å².